The summed E-state index contributed by atoms with van der Waals surface area (Å²) in [5.74, 6) is -1.49. The molecule has 0 aromatic heterocycles. The van der Waals surface area contributed by atoms with Gasteiger partial charge >= 0.3 is 18.3 Å². The standard InChI is InChI=1S/C15H12ClF4N.C9H7F3O2/c16-13-9-12(17)5-6-14(13)21-8-7-10-1-3-11(4-2-10)15(18,19)20;10-9(11,12)7-3-1-6(2-4-7)5-8(13)14/h1-6,9,21H,7-8H2;1-4H,5H2,(H,13,14). The van der Waals surface area contributed by atoms with Crippen LogP contribution in [0.3, 0.4) is 0 Å². The first kappa shape index (κ1) is 28.0. The molecule has 0 heterocycles. The van der Waals surface area contributed by atoms with E-state index in [4.69, 9.17) is 16.7 Å². The second kappa shape index (κ2) is 11.9. The van der Waals surface area contributed by atoms with Crippen LogP contribution < -0.4 is 5.32 Å². The normalized spacial score (nSPS) is 11.4. The Hall–Kier alpha value is -3.27. The summed E-state index contributed by atoms with van der Waals surface area (Å²) >= 11 is 5.85. The van der Waals surface area contributed by atoms with Crippen molar-refractivity contribution >= 4 is 23.3 Å². The van der Waals surface area contributed by atoms with Gasteiger partial charge in [0.2, 0.25) is 0 Å². The van der Waals surface area contributed by atoms with Gasteiger partial charge in [-0.2, -0.15) is 26.3 Å². The molecule has 2 N–H and O–H groups in total. The molecule has 0 unspecified atom stereocenters. The molecule has 0 saturated heterocycles. The molecule has 3 aromatic carbocycles. The number of benzene rings is 3. The molecule has 0 aliphatic heterocycles. The lowest BCUT2D eigenvalue weighted by Gasteiger charge is -2.10. The van der Waals surface area contributed by atoms with Crippen molar-refractivity contribution in [3.63, 3.8) is 0 Å². The average molecular weight is 522 g/mol. The smallest absolute Gasteiger partial charge is 0.416 e. The predicted molar refractivity (Wildman–Crippen MR) is 118 cm³/mol. The molecule has 0 aliphatic rings. The lowest BCUT2D eigenvalue weighted by molar-refractivity contribution is -0.138. The Balaban J connectivity index is 0.000000269. The molecule has 0 aliphatic carbocycles. The van der Waals surface area contributed by atoms with E-state index < -0.39 is 35.3 Å². The van der Waals surface area contributed by atoms with Crippen LogP contribution in [0.1, 0.15) is 22.3 Å². The Morgan fingerprint density at radius 2 is 1.29 bits per heavy atom. The number of rotatable bonds is 6. The first-order valence-electron chi connectivity index (χ1n) is 9.98. The second-order valence-corrected chi connectivity index (χ2v) is 7.67. The average Bonchev–Trinajstić information content (AvgIpc) is 2.75. The van der Waals surface area contributed by atoms with Crippen molar-refractivity contribution in [1.29, 1.82) is 0 Å². The molecule has 0 saturated carbocycles. The fourth-order valence-corrected chi connectivity index (χ4v) is 3.05. The molecule has 0 fully saturated rings. The number of carboxylic acids is 1. The van der Waals surface area contributed by atoms with Gasteiger partial charge in [0.05, 0.1) is 28.3 Å². The van der Waals surface area contributed by atoms with E-state index in [1.54, 1.807) is 0 Å². The third kappa shape index (κ3) is 9.48. The fraction of sp³-hybridized carbons (Fsp3) is 0.208. The molecule has 3 aromatic rings. The molecule has 11 heteroatoms. The highest BCUT2D eigenvalue weighted by molar-refractivity contribution is 6.33. The van der Waals surface area contributed by atoms with Crippen molar-refractivity contribution < 1.29 is 40.6 Å². The van der Waals surface area contributed by atoms with Gasteiger partial charge in [-0.25, -0.2) is 4.39 Å². The van der Waals surface area contributed by atoms with E-state index in [-0.39, 0.29) is 11.4 Å². The Morgan fingerprint density at radius 3 is 1.71 bits per heavy atom. The lowest BCUT2D eigenvalue weighted by Crippen LogP contribution is -2.07. The van der Waals surface area contributed by atoms with Crippen LogP contribution in [0.25, 0.3) is 0 Å². The molecule has 188 valence electrons. The van der Waals surface area contributed by atoms with E-state index in [2.05, 4.69) is 5.32 Å². The van der Waals surface area contributed by atoms with Crippen molar-refractivity contribution in [2.24, 2.45) is 0 Å². The van der Waals surface area contributed by atoms with E-state index in [0.29, 0.717) is 24.2 Å². The van der Waals surface area contributed by atoms with Gasteiger partial charge in [0.1, 0.15) is 5.82 Å². The lowest BCUT2D eigenvalue weighted by atomic mass is 10.1. The van der Waals surface area contributed by atoms with Gasteiger partial charge in [-0.3, -0.25) is 4.79 Å². The molecular weight excluding hydrogens is 503 g/mol. The second-order valence-electron chi connectivity index (χ2n) is 7.26. The van der Waals surface area contributed by atoms with Gasteiger partial charge in [-0.05, 0) is 60.0 Å². The van der Waals surface area contributed by atoms with Crippen molar-refractivity contribution in [1.82, 2.24) is 0 Å². The minimum Gasteiger partial charge on any atom is -0.481 e. The monoisotopic (exact) mass is 521 g/mol. The summed E-state index contributed by atoms with van der Waals surface area (Å²) in [5.41, 5.74) is 0.275. The third-order valence-electron chi connectivity index (χ3n) is 4.58. The maximum atomic E-state index is 12.9. The third-order valence-corrected chi connectivity index (χ3v) is 4.89. The Kier molecular flexibility index (Phi) is 9.53. The van der Waals surface area contributed by atoms with Gasteiger partial charge in [-0.1, -0.05) is 35.9 Å². The Bertz CT molecular complexity index is 1110. The molecule has 0 bridgehead atoms. The number of hydrogen-bond donors (Lipinski definition) is 2. The van der Waals surface area contributed by atoms with Crippen LogP contribution in [-0.2, 0) is 30.0 Å². The zero-order chi connectivity index (χ0) is 26.2. The SMILES string of the molecule is Fc1ccc(NCCc2ccc(C(F)(F)F)cc2)c(Cl)c1.O=C(O)Cc1ccc(C(F)(F)F)cc1. The molecule has 3 nitrogen and oxygen atoms in total. The Morgan fingerprint density at radius 1 is 0.800 bits per heavy atom. The molecule has 0 spiro atoms. The summed E-state index contributed by atoms with van der Waals surface area (Å²) in [4.78, 5) is 10.2. The van der Waals surface area contributed by atoms with Gasteiger partial charge in [0.15, 0.2) is 0 Å². The van der Waals surface area contributed by atoms with Crippen LogP contribution in [0.2, 0.25) is 5.02 Å². The molecule has 0 radical (unpaired) electrons. The van der Waals surface area contributed by atoms with Gasteiger partial charge in [-0.15, -0.1) is 0 Å². The summed E-state index contributed by atoms with van der Waals surface area (Å²) in [7, 11) is 0. The summed E-state index contributed by atoms with van der Waals surface area (Å²) in [6, 6.07) is 13.1. The summed E-state index contributed by atoms with van der Waals surface area (Å²) < 4.78 is 86.3. The largest absolute Gasteiger partial charge is 0.481 e. The summed E-state index contributed by atoms with van der Waals surface area (Å²) in [6.45, 7) is 0.483. The minimum atomic E-state index is -4.37. The maximum Gasteiger partial charge on any atom is 0.416 e. The van der Waals surface area contributed by atoms with Crippen LogP contribution in [0.15, 0.2) is 66.7 Å². The molecule has 0 atom stereocenters. The molecule has 0 amide bonds. The van der Waals surface area contributed by atoms with E-state index in [1.165, 1.54) is 30.3 Å². The Labute approximate surface area is 201 Å². The van der Waals surface area contributed by atoms with Crippen molar-refractivity contribution in [2.45, 2.75) is 25.2 Å². The fourth-order valence-electron chi connectivity index (χ4n) is 2.82. The topological polar surface area (TPSA) is 49.3 Å². The summed E-state index contributed by atoms with van der Waals surface area (Å²) in [5, 5.41) is 11.7. The van der Waals surface area contributed by atoms with E-state index in [0.717, 1.165) is 42.0 Å². The number of aliphatic carboxylic acids is 1. The van der Waals surface area contributed by atoms with Crippen molar-refractivity contribution in [2.75, 3.05) is 11.9 Å². The molecular formula is C24H19ClF7NO2. The van der Waals surface area contributed by atoms with E-state index >= 15 is 0 Å². The zero-order valence-corrected chi connectivity index (χ0v) is 18.6. The highest BCUT2D eigenvalue weighted by Gasteiger charge is 2.30. The van der Waals surface area contributed by atoms with Crippen LogP contribution in [0.5, 0.6) is 0 Å². The first-order chi connectivity index (χ1) is 16.3. The highest BCUT2D eigenvalue weighted by Crippen LogP contribution is 2.30. The molecule has 35 heavy (non-hydrogen) atoms. The maximum absolute atomic E-state index is 12.9. The van der Waals surface area contributed by atoms with Crippen LogP contribution >= 0.6 is 11.6 Å². The first-order valence-corrected chi connectivity index (χ1v) is 10.4. The number of carbonyl (C=O) groups is 1. The van der Waals surface area contributed by atoms with Crippen molar-refractivity contribution in [3.8, 4) is 0 Å². The van der Waals surface area contributed by atoms with E-state index in [1.807, 2.05) is 0 Å². The van der Waals surface area contributed by atoms with Gasteiger partial charge in [0.25, 0.3) is 0 Å². The van der Waals surface area contributed by atoms with Crippen LogP contribution in [-0.4, -0.2) is 17.6 Å². The van der Waals surface area contributed by atoms with Crippen molar-refractivity contribution in [3.05, 3.63) is 99.8 Å². The number of alkyl halides is 6. The van der Waals surface area contributed by atoms with Gasteiger partial charge in [0, 0.05) is 6.54 Å². The number of nitrogens with one attached hydrogen (secondary N) is 1. The quantitative estimate of drug-likeness (QED) is 0.331. The summed E-state index contributed by atoms with van der Waals surface area (Å²) in [6.07, 6.45) is -8.43. The number of carboxylic acid groups (broad SMARTS) is 1. The van der Waals surface area contributed by atoms with Crippen LogP contribution in [0.4, 0.5) is 36.4 Å². The van der Waals surface area contributed by atoms with Crippen LogP contribution in [0, 0.1) is 5.82 Å². The predicted octanol–water partition coefficient (Wildman–Crippen LogP) is 7.49. The number of hydrogen-bond acceptors (Lipinski definition) is 2. The highest BCUT2D eigenvalue weighted by atomic mass is 35.5. The number of anilines is 1. The minimum absolute atomic E-state index is 0.266. The van der Waals surface area contributed by atoms with E-state index in [9.17, 15) is 35.5 Å². The number of halogens is 8. The molecule has 3 rings (SSSR count). The zero-order valence-electron chi connectivity index (χ0n) is 17.9. The van der Waals surface area contributed by atoms with Gasteiger partial charge < -0.3 is 10.4 Å².